The van der Waals surface area contributed by atoms with Crippen molar-refractivity contribution in [3.63, 3.8) is 0 Å². The molecule has 0 aliphatic carbocycles. The molecule has 0 spiro atoms. The van der Waals surface area contributed by atoms with Crippen molar-refractivity contribution in [2.75, 3.05) is 7.11 Å². The third-order valence-electron chi connectivity index (χ3n) is 4.37. The fraction of sp³-hybridized carbons (Fsp3) is 0.350. The smallest absolute Gasteiger partial charge is 0.246 e. The molecule has 2 aromatic carbocycles. The molecule has 0 aromatic heterocycles. The third kappa shape index (κ3) is 5.96. The van der Waals surface area contributed by atoms with Gasteiger partial charge in [-0.15, -0.1) is 0 Å². The summed E-state index contributed by atoms with van der Waals surface area (Å²) in [5.74, 6) is -1.12. The number of nitrogens with one attached hydrogen (secondary N) is 1. The molecule has 4 nitrogen and oxygen atoms in total. The van der Waals surface area contributed by atoms with Crippen molar-refractivity contribution in [3.8, 4) is 0 Å². The summed E-state index contributed by atoms with van der Waals surface area (Å²) in [5, 5.41) is 9.02. The van der Waals surface area contributed by atoms with E-state index in [9.17, 15) is 9.18 Å². The topological polar surface area (TPSA) is 58.6 Å². The van der Waals surface area contributed by atoms with Gasteiger partial charge in [-0.2, -0.15) is 0 Å². The van der Waals surface area contributed by atoms with Gasteiger partial charge in [0.15, 0.2) is 0 Å². The van der Waals surface area contributed by atoms with Gasteiger partial charge in [-0.3, -0.25) is 10.0 Å². The highest BCUT2D eigenvalue weighted by Gasteiger charge is 2.23. The number of halogens is 1. The molecule has 2 aromatic rings. The Morgan fingerprint density at radius 3 is 2.44 bits per heavy atom. The van der Waals surface area contributed by atoms with Crippen LogP contribution in [0.5, 0.6) is 0 Å². The molecule has 0 unspecified atom stereocenters. The highest BCUT2D eigenvalue weighted by atomic mass is 19.1. The zero-order valence-electron chi connectivity index (χ0n) is 14.3. The molecule has 0 radical (unpaired) electrons. The average molecular weight is 345 g/mol. The quantitative estimate of drug-likeness (QED) is 0.532. The van der Waals surface area contributed by atoms with Crippen molar-refractivity contribution < 1.29 is 19.1 Å². The maximum atomic E-state index is 13.1. The molecule has 0 bridgehead atoms. The van der Waals surface area contributed by atoms with Crippen LogP contribution >= 0.6 is 0 Å². The fourth-order valence-corrected chi connectivity index (χ4v) is 2.95. The maximum Gasteiger partial charge on any atom is 0.246 e. The summed E-state index contributed by atoms with van der Waals surface area (Å²) in [6.45, 7) is 0. The van der Waals surface area contributed by atoms with E-state index in [1.807, 2.05) is 18.2 Å². The van der Waals surface area contributed by atoms with Gasteiger partial charge in [-0.1, -0.05) is 42.5 Å². The van der Waals surface area contributed by atoms with Crippen LogP contribution in [0.15, 0.2) is 54.6 Å². The number of amides is 1. The molecule has 134 valence electrons. The summed E-state index contributed by atoms with van der Waals surface area (Å²) < 4.78 is 18.6. The van der Waals surface area contributed by atoms with Crippen LogP contribution in [0.2, 0.25) is 0 Å². The lowest BCUT2D eigenvalue weighted by atomic mass is 9.91. The monoisotopic (exact) mass is 345 g/mol. The van der Waals surface area contributed by atoms with E-state index in [0.717, 1.165) is 18.4 Å². The predicted octanol–water partition coefficient (Wildman–Crippen LogP) is 4.05. The zero-order valence-corrected chi connectivity index (χ0v) is 14.3. The minimum atomic E-state index is -0.419. The normalized spacial score (nSPS) is 13.2. The molecule has 0 fully saturated rings. The Hall–Kier alpha value is -2.24. The molecule has 1 amide bonds. The first-order chi connectivity index (χ1) is 12.1. The second kappa shape index (κ2) is 9.91. The summed E-state index contributed by atoms with van der Waals surface area (Å²) >= 11 is 0. The average Bonchev–Trinajstić information content (AvgIpc) is 2.65. The first-order valence-corrected chi connectivity index (χ1v) is 8.40. The molecule has 2 atom stereocenters. The molecule has 0 saturated heterocycles. The van der Waals surface area contributed by atoms with Crippen LogP contribution in [-0.4, -0.2) is 18.2 Å². The van der Waals surface area contributed by atoms with E-state index in [0.29, 0.717) is 12.8 Å². The number of ether oxygens (including phenoxy) is 1. The van der Waals surface area contributed by atoms with E-state index in [4.69, 9.17) is 9.94 Å². The molecular weight excluding hydrogens is 321 g/mol. The minimum absolute atomic E-state index is 0.314. The first kappa shape index (κ1) is 19.1. The second-order valence-corrected chi connectivity index (χ2v) is 6.06. The zero-order chi connectivity index (χ0) is 18.1. The van der Waals surface area contributed by atoms with Gasteiger partial charge in [0.1, 0.15) is 5.82 Å². The van der Waals surface area contributed by atoms with Crippen molar-refractivity contribution in [1.82, 2.24) is 5.48 Å². The van der Waals surface area contributed by atoms with E-state index < -0.39 is 5.91 Å². The Morgan fingerprint density at radius 1 is 1.16 bits per heavy atom. The van der Waals surface area contributed by atoms with Crippen LogP contribution in [0, 0.1) is 11.7 Å². The van der Waals surface area contributed by atoms with Crippen LogP contribution in [0.25, 0.3) is 0 Å². The number of rotatable bonds is 9. The Bertz CT molecular complexity index is 646. The summed E-state index contributed by atoms with van der Waals surface area (Å²) in [6, 6.07) is 16.1. The van der Waals surface area contributed by atoms with Gasteiger partial charge in [-0.25, -0.2) is 9.87 Å². The Morgan fingerprint density at radius 2 is 1.84 bits per heavy atom. The Kier molecular flexibility index (Phi) is 7.57. The van der Waals surface area contributed by atoms with Crippen molar-refractivity contribution in [1.29, 1.82) is 0 Å². The predicted molar refractivity (Wildman–Crippen MR) is 93.6 cm³/mol. The molecule has 25 heavy (non-hydrogen) atoms. The number of carbonyl (C=O) groups is 1. The molecule has 5 heteroatoms. The van der Waals surface area contributed by atoms with E-state index >= 15 is 0 Å². The number of benzene rings is 2. The van der Waals surface area contributed by atoms with E-state index in [1.165, 1.54) is 17.7 Å². The van der Waals surface area contributed by atoms with E-state index in [-0.39, 0.29) is 17.8 Å². The van der Waals surface area contributed by atoms with Gasteiger partial charge in [0, 0.05) is 13.0 Å². The lowest BCUT2D eigenvalue weighted by Gasteiger charge is -2.22. The van der Waals surface area contributed by atoms with Crippen molar-refractivity contribution in [2.45, 2.75) is 31.8 Å². The van der Waals surface area contributed by atoms with Crippen molar-refractivity contribution in [3.05, 3.63) is 71.5 Å². The number of carbonyl (C=O) groups excluding carboxylic acids is 1. The summed E-state index contributed by atoms with van der Waals surface area (Å²) in [4.78, 5) is 12.0. The Labute approximate surface area is 147 Å². The van der Waals surface area contributed by atoms with Gasteiger partial charge < -0.3 is 4.74 Å². The first-order valence-electron chi connectivity index (χ1n) is 8.40. The number of hydrogen-bond acceptors (Lipinski definition) is 3. The van der Waals surface area contributed by atoms with Crippen LogP contribution in [0.1, 0.15) is 36.5 Å². The van der Waals surface area contributed by atoms with Crippen LogP contribution in [0.3, 0.4) is 0 Å². The van der Waals surface area contributed by atoms with Crippen LogP contribution < -0.4 is 5.48 Å². The van der Waals surface area contributed by atoms with Gasteiger partial charge in [0.2, 0.25) is 5.91 Å². The van der Waals surface area contributed by atoms with Gasteiger partial charge in [0.25, 0.3) is 0 Å². The van der Waals surface area contributed by atoms with Gasteiger partial charge in [-0.05, 0) is 48.9 Å². The van der Waals surface area contributed by atoms with Crippen LogP contribution in [-0.2, 0) is 16.0 Å². The molecule has 2 N–H and O–H groups in total. The molecule has 0 aliphatic rings. The third-order valence-corrected chi connectivity index (χ3v) is 4.37. The van der Waals surface area contributed by atoms with E-state index in [1.54, 1.807) is 24.7 Å². The standard InChI is InChI=1S/C20H24FNO3/c1-25-19(16-10-12-18(21)13-11-16)14-17(20(23)22-24)9-5-8-15-6-3-2-4-7-15/h2-4,6-7,10-13,17,19,24H,5,8-9,14H2,1H3,(H,22,23)/t17-,19-/m1/s1. The summed E-state index contributed by atoms with van der Waals surface area (Å²) in [7, 11) is 1.56. The number of hydroxylamine groups is 1. The van der Waals surface area contributed by atoms with E-state index in [2.05, 4.69) is 12.1 Å². The summed E-state index contributed by atoms with van der Waals surface area (Å²) in [6.07, 6.45) is 2.40. The molecule has 0 saturated carbocycles. The Balaban J connectivity index is 1.98. The maximum absolute atomic E-state index is 13.1. The fourth-order valence-electron chi connectivity index (χ4n) is 2.95. The minimum Gasteiger partial charge on any atom is -0.377 e. The summed E-state index contributed by atoms with van der Waals surface area (Å²) in [5.41, 5.74) is 3.77. The van der Waals surface area contributed by atoms with Crippen LogP contribution in [0.4, 0.5) is 4.39 Å². The lowest BCUT2D eigenvalue weighted by molar-refractivity contribution is -0.135. The number of methoxy groups -OCH3 is 1. The SMILES string of the molecule is CO[C@H](C[C@@H](CCCc1ccccc1)C(=O)NO)c1ccc(F)cc1. The largest absolute Gasteiger partial charge is 0.377 e. The number of hydrogen-bond donors (Lipinski definition) is 2. The van der Waals surface area contributed by atoms with Gasteiger partial charge >= 0.3 is 0 Å². The lowest BCUT2D eigenvalue weighted by Crippen LogP contribution is -2.29. The molecular formula is C20H24FNO3. The second-order valence-electron chi connectivity index (χ2n) is 6.06. The highest BCUT2D eigenvalue weighted by Crippen LogP contribution is 2.28. The molecule has 0 heterocycles. The van der Waals surface area contributed by atoms with Crippen molar-refractivity contribution in [2.24, 2.45) is 5.92 Å². The highest BCUT2D eigenvalue weighted by molar-refractivity contribution is 5.77. The number of aryl methyl sites for hydroxylation is 1. The van der Waals surface area contributed by atoms with Gasteiger partial charge in [0.05, 0.1) is 6.10 Å². The van der Waals surface area contributed by atoms with Crippen molar-refractivity contribution >= 4 is 5.91 Å². The molecule has 0 aliphatic heterocycles. The molecule has 2 rings (SSSR count).